The zero-order valence-corrected chi connectivity index (χ0v) is 17.2. The highest BCUT2D eigenvalue weighted by atomic mass is 32.1. The minimum atomic E-state index is -1.24. The fourth-order valence-electron chi connectivity index (χ4n) is 3.41. The van der Waals surface area contributed by atoms with Crippen molar-refractivity contribution in [3.63, 3.8) is 0 Å². The van der Waals surface area contributed by atoms with Crippen molar-refractivity contribution >= 4 is 23.2 Å². The van der Waals surface area contributed by atoms with Gasteiger partial charge in [0.15, 0.2) is 11.5 Å². The smallest absolute Gasteiger partial charge is 0.247 e. The van der Waals surface area contributed by atoms with Crippen molar-refractivity contribution in [1.82, 2.24) is 5.32 Å². The minimum Gasteiger partial charge on any atom is -0.483 e. The number of benzene rings is 1. The van der Waals surface area contributed by atoms with Gasteiger partial charge < -0.3 is 35.5 Å². The molecule has 10 heteroatoms. The molecule has 1 aliphatic carbocycles. The van der Waals surface area contributed by atoms with Crippen LogP contribution in [0, 0.1) is 0 Å². The van der Waals surface area contributed by atoms with E-state index >= 15 is 0 Å². The summed E-state index contributed by atoms with van der Waals surface area (Å²) in [6.07, 6.45) is -1.80. The molecule has 1 aromatic carbocycles. The van der Waals surface area contributed by atoms with Gasteiger partial charge in [-0.05, 0) is 29.7 Å². The Morgan fingerprint density at radius 3 is 2.81 bits per heavy atom. The number of hydrogen-bond acceptors (Lipinski definition) is 8. The van der Waals surface area contributed by atoms with Crippen LogP contribution >= 0.6 is 11.3 Å². The summed E-state index contributed by atoms with van der Waals surface area (Å²) in [5.74, 6) is 0.252. The normalized spacial score (nSPS) is 23.0. The number of thiophene rings is 1. The van der Waals surface area contributed by atoms with Crippen LogP contribution in [0.5, 0.6) is 17.2 Å². The third-order valence-electron chi connectivity index (χ3n) is 5.07. The lowest BCUT2D eigenvalue weighted by Crippen LogP contribution is -2.49. The summed E-state index contributed by atoms with van der Waals surface area (Å²) in [4.78, 5) is 25.5. The Morgan fingerprint density at radius 1 is 1.26 bits per heavy atom. The highest BCUT2D eigenvalue weighted by Gasteiger charge is 2.35. The number of fused-ring (bicyclic) bond motifs is 1. The van der Waals surface area contributed by atoms with Crippen LogP contribution in [0.25, 0.3) is 0 Å². The van der Waals surface area contributed by atoms with Crippen molar-refractivity contribution in [3.8, 4) is 17.2 Å². The summed E-state index contributed by atoms with van der Waals surface area (Å²) in [5, 5.41) is 25.1. The van der Waals surface area contributed by atoms with Crippen LogP contribution in [0.1, 0.15) is 11.3 Å². The monoisotopic (exact) mass is 446 g/mol. The molecule has 2 amide bonds. The lowest BCUT2D eigenvalue weighted by atomic mass is 9.91. The van der Waals surface area contributed by atoms with Crippen LogP contribution in [0.15, 0.2) is 47.4 Å². The number of aliphatic hydroxyl groups is 2. The molecule has 2 aliphatic rings. The molecule has 1 aromatic heterocycles. The van der Waals surface area contributed by atoms with E-state index in [4.69, 9.17) is 19.9 Å². The van der Waals surface area contributed by atoms with Gasteiger partial charge in [0, 0.05) is 29.4 Å². The zero-order valence-electron chi connectivity index (χ0n) is 16.4. The second kappa shape index (κ2) is 8.96. The highest BCUT2D eigenvalue weighted by molar-refractivity contribution is 7.09. The summed E-state index contributed by atoms with van der Waals surface area (Å²) >= 11 is 1.46. The predicted octanol–water partition coefficient (Wildman–Crippen LogP) is 0.489. The number of nitrogens with one attached hydrogen (secondary N) is 1. The summed E-state index contributed by atoms with van der Waals surface area (Å²) in [6.45, 7) is 0.111. The molecule has 31 heavy (non-hydrogen) atoms. The third-order valence-corrected chi connectivity index (χ3v) is 5.97. The van der Waals surface area contributed by atoms with Gasteiger partial charge in [0.2, 0.25) is 18.6 Å². The Morgan fingerprint density at radius 2 is 2.06 bits per heavy atom. The lowest BCUT2D eigenvalue weighted by molar-refractivity contribution is -0.126. The summed E-state index contributed by atoms with van der Waals surface area (Å²) in [7, 11) is 0. The van der Waals surface area contributed by atoms with Crippen LogP contribution in [0.4, 0.5) is 0 Å². The molecular weight excluding hydrogens is 424 g/mol. The highest BCUT2D eigenvalue weighted by Crippen LogP contribution is 2.36. The van der Waals surface area contributed by atoms with E-state index in [9.17, 15) is 19.8 Å². The van der Waals surface area contributed by atoms with Crippen molar-refractivity contribution in [3.05, 3.63) is 52.2 Å². The molecule has 4 atom stereocenters. The van der Waals surface area contributed by atoms with E-state index in [1.165, 1.54) is 17.4 Å². The van der Waals surface area contributed by atoms with Crippen molar-refractivity contribution in [2.24, 2.45) is 5.73 Å². The van der Waals surface area contributed by atoms with Crippen LogP contribution < -0.4 is 25.3 Å². The van der Waals surface area contributed by atoms with Gasteiger partial charge in [0.05, 0.1) is 6.10 Å². The van der Waals surface area contributed by atoms with Gasteiger partial charge in [-0.15, -0.1) is 11.3 Å². The second-order valence-electron chi connectivity index (χ2n) is 7.26. The maximum Gasteiger partial charge on any atom is 0.247 e. The number of rotatable bonds is 7. The summed E-state index contributed by atoms with van der Waals surface area (Å²) in [6, 6.07) is 7.71. The van der Waals surface area contributed by atoms with Gasteiger partial charge in [-0.25, -0.2) is 0 Å². The van der Waals surface area contributed by atoms with Crippen LogP contribution in [-0.4, -0.2) is 53.2 Å². The SMILES string of the molecule is NC(=O)[C@H](Cc1cccs1)NC(=O)C1=C[C@@H](Oc2ccc3c(c2)OCO3)[C@H](O)[C@H](O)C1. The maximum absolute atomic E-state index is 12.8. The first-order valence-corrected chi connectivity index (χ1v) is 10.5. The quantitative estimate of drug-likeness (QED) is 0.485. The van der Waals surface area contributed by atoms with E-state index in [0.29, 0.717) is 17.2 Å². The lowest BCUT2D eigenvalue weighted by Gasteiger charge is -2.31. The number of ether oxygens (including phenoxy) is 3. The Hall–Kier alpha value is -3.08. The molecular formula is C21H22N2O7S. The van der Waals surface area contributed by atoms with E-state index in [1.54, 1.807) is 18.2 Å². The average Bonchev–Trinajstić information content (AvgIpc) is 3.42. The topological polar surface area (TPSA) is 140 Å². The van der Waals surface area contributed by atoms with E-state index in [0.717, 1.165) is 4.88 Å². The van der Waals surface area contributed by atoms with Crippen molar-refractivity contribution < 1.29 is 34.0 Å². The predicted molar refractivity (Wildman–Crippen MR) is 111 cm³/mol. The number of amides is 2. The Balaban J connectivity index is 1.48. The molecule has 1 aliphatic heterocycles. The molecule has 0 saturated carbocycles. The van der Waals surface area contributed by atoms with Gasteiger partial charge >= 0.3 is 0 Å². The van der Waals surface area contributed by atoms with Crippen LogP contribution in [0.2, 0.25) is 0 Å². The summed E-state index contributed by atoms with van der Waals surface area (Å²) in [5.41, 5.74) is 5.65. The van der Waals surface area contributed by atoms with Gasteiger partial charge in [0.25, 0.3) is 0 Å². The second-order valence-corrected chi connectivity index (χ2v) is 8.30. The number of aliphatic hydroxyl groups excluding tert-OH is 2. The molecule has 0 radical (unpaired) electrons. The molecule has 0 spiro atoms. The third kappa shape index (κ3) is 4.82. The average molecular weight is 446 g/mol. The molecule has 164 valence electrons. The Labute approximate surface area is 182 Å². The van der Waals surface area contributed by atoms with Gasteiger partial charge in [-0.1, -0.05) is 6.07 Å². The number of primary amides is 1. The van der Waals surface area contributed by atoms with Crippen LogP contribution in [0.3, 0.4) is 0 Å². The van der Waals surface area contributed by atoms with E-state index in [-0.39, 0.29) is 25.2 Å². The van der Waals surface area contributed by atoms with Crippen LogP contribution in [-0.2, 0) is 16.0 Å². The van der Waals surface area contributed by atoms with Crippen molar-refractivity contribution in [2.75, 3.05) is 6.79 Å². The zero-order chi connectivity index (χ0) is 22.0. The molecule has 2 aromatic rings. The molecule has 0 fully saturated rings. The Bertz CT molecular complexity index is 992. The van der Waals surface area contributed by atoms with Gasteiger partial charge in [0.1, 0.15) is 24.0 Å². The Kier molecular flexibility index (Phi) is 6.12. The molecule has 4 rings (SSSR count). The standard InChI is InChI=1S/C21H22N2O7S/c22-20(26)14(9-13-2-1-5-31-13)23-21(27)11-6-15(24)19(25)18(7-11)30-12-3-4-16-17(8-12)29-10-28-16/h1-5,7-8,14-15,18-19,24-25H,6,9-10H2,(H2,22,26)(H,23,27)/t14-,15+,18+,19+/m0/s1. The summed E-state index contributed by atoms with van der Waals surface area (Å²) < 4.78 is 16.4. The molecule has 0 saturated heterocycles. The number of carbonyl (C=O) groups is 2. The largest absolute Gasteiger partial charge is 0.483 e. The molecule has 0 unspecified atom stereocenters. The fourth-order valence-corrected chi connectivity index (χ4v) is 4.16. The van der Waals surface area contributed by atoms with Crippen molar-refractivity contribution in [2.45, 2.75) is 37.2 Å². The van der Waals surface area contributed by atoms with Gasteiger partial charge in [-0.2, -0.15) is 0 Å². The maximum atomic E-state index is 12.8. The van der Waals surface area contributed by atoms with E-state index in [2.05, 4.69) is 5.32 Å². The fraction of sp³-hybridized carbons (Fsp3) is 0.333. The molecule has 0 bridgehead atoms. The van der Waals surface area contributed by atoms with Crippen molar-refractivity contribution in [1.29, 1.82) is 0 Å². The first-order chi connectivity index (χ1) is 14.9. The van der Waals surface area contributed by atoms with Gasteiger partial charge in [-0.3, -0.25) is 9.59 Å². The number of nitrogens with two attached hydrogens (primary N) is 1. The number of carbonyl (C=O) groups excluding carboxylic acids is 2. The van der Waals surface area contributed by atoms with E-state index in [1.807, 2.05) is 17.5 Å². The first-order valence-electron chi connectivity index (χ1n) is 9.66. The minimum absolute atomic E-state index is 0.0848. The number of hydrogen-bond donors (Lipinski definition) is 4. The molecule has 9 nitrogen and oxygen atoms in total. The molecule has 2 heterocycles. The van der Waals surface area contributed by atoms with E-state index < -0.39 is 36.2 Å². The first kappa shape index (κ1) is 21.2. The molecule has 5 N–H and O–H groups in total.